The van der Waals surface area contributed by atoms with E-state index in [0.717, 1.165) is 5.75 Å². The van der Waals surface area contributed by atoms with E-state index < -0.39 is 8.74 Å². The van der Waals surface area contributed by atoms with Crippen molar-refractivity contribution in [1.29, 1.82) is 0 Å². The summed E-state index contributed by atoms with van der Waals surface area (Å²) in [5.74, 6) is 0.921. The van der Waals surface area contributed by atoms with Crippen molar-refractivity contribution in [2.75, 3.05) is 12.5 Å². The highest BCUT2D eigenvalue weighted by Crippen LogP contribution is 2.48. The van der Waals surface area contributed by atoms with E-state index >= 15 is 0 Å². The molecule has 0 unspecified atom stereocenters. The molecule has 1 nitrogen and oxygen atoms in total. The molecule has 0 atom stereocenters. The average Bonchev–Trinajstić information content (AvgIpc) is 1.85. The largest absolute Gasteiger partial charge is 0.440 e. The van der Waals surface area contributed by atoms with Crippen LogP contribution in [0.2, 0.25) is 0 Å². The van der Waals surface area contributed by atoms with Crippen LogP contribution in [0.25, 0.3) is 0 Å². The van der Waals surface area contributed by atoms with E-state index in [-0.39, 0.29) is 0 Å². The Hall–Kier alpha value is -0.150. The van der Waals surface area contributed by atoms with Crippen LogP contribution in [0.5, 0.6) is 5.75 Å². The highest BCUT2D eigenvalue weighted by atomic mass is 79.9. The number of hydrogen-bond acceptors (Lipinski definition) is 1. The molecule has 0 fully saturated rings. The Labute approximate surface area is 76.5 Å². The maximum absolute atomic E-state index is 5.60. The van der Waals surface area contributed by atoms with Crippen LogP contribution in [0.4, 0.5) is 0 Å². The summed E-state index contributed by atoms with van der Waals surface area (Å²) < 4.78 is 5.60. The van der Waals surface area contributed by atoms with Gasteiger partial charge in [-0.05, 0) is 20.9 Å². The monoisotopic (exact) mass is 234 g/mol. The number of hydrogen-bond donors (Lipinski definition) is 0. The van der Waals surface area contributed by atoms with Crippen molar-refractivity contribution in [3.05, 3.63) is 30.3 Å². The van der Waals surface area contributed by atoms with Gasteiger partial charge in [0.1, 0.15) is 5.75 Å². The Kier molecular flexibility index (Phi) is 2.84. The lowest BCUT2D eigenvalue weighted by Crippen LogP contribution is -1.94. The Morgan fingerprint density at radius 1 is 1.18 bits per heavy atom. The summed E-state index contributed by atoms with van der Waals surface area (Å²) in [6.45, 7) is 0. The van der Waals surface area contributed by atoms with Gasteiger partial charge in [-0.1, -0.05) is 18.2 Å². The van der Waals surface area contributed by atoms with Crippen molar-refractivity contribution < 1.29 is 4.18 Å². The molecule has 0 aliphatic heterocycles. The van der Waals surface area contributed by atoms with Crippen LogP contribution in [0, 0.1) is 0 Å². The van der Waals surface area contributed by atoms with Crippen LogP contribution < -0.4 is 4.18 Å². The van der Waals surface area contributed by atoms with Crippen molar-refractivity contribution in [2.45, 2.75) is 0 Å². The summed E-state index contributed by atoms with van der Waals surface area (Å²) in [6, 6.07) is 9.82. The van der Waals surface area contributed by atoms with Gasteiger partial charge in [0.25, 0.3) is 0 Å². The quantitative estimate of drug-likeness (QED) is 0.763. The first-order valence-electron chi connectivity index (χ1n) is 3.25. The third kappa shape index (κ3) is 3.68. The van der Waals surface area contributed by atoms with Gasteiger partial charge in [0, 0.05) is 27.3 Å². The molecular weight excluding hydrogens is 224 g/mol. The first-order chi connectivity index (χ1) is 5.08. The van der Waals surface area contributed by atoms with E-state index in [1.165, 1.54) is 0 Å². The predicted octanol–water partition coefficient (Wildman–Crippen LogP) is 3.35. The Morgan fingerprint density at radius 2 is 1.73 bits per heavy atom. The molecule has 0 aromatic heterocycles. The maximum atomic E-state index is 5.60. The molecule has 0 aliphatic carbocycles. The van der Waals surface area contributed by atoms with E-state index in [1.54, 1.807) is 0 Å². The van der Waals surface area contributed by atoms with Crippen LogP contribution in [0.1, 0.15) is 0 Å². The molecule has 1 aromatic rings. The molecule has 0 N–H and O–H groups in total. The van der Waals surface area contributed by atoms with Gasteiger partial charge in [0.15, 0.2) is 0 Å². The van der Waals surface area contributed by atoms with Crippen molar-refractivity contribution in [2.24, 2.45) is 0 Å². The average molecular weight is 235 g/mol. The van der Waals surface area contributed by atoms with Crippen LogP contribution in [-0.2, 0) is 0 Å². The standard InChI is InChI=1S/C8H11BrOS/c1-11(2,9)10-8-6-4-3-5-7-8/h3-7H,1-2H3. The third-order valence-corrected chi connectivity index (χ3v) is 2.02. The normalized spacial score (nSPS) is 12.6. The summed E-state index contributed by atoms with van der Waals surface area (Å²) in [6.07, 6.45) is 4.08. The number of rotatable bonds is 2. The molecule has 1 aromatic carbocycles. The summed E-state index contributed by atoms with van der Waals surface area (Å²) >= 11 is 3.48. The van der Waals surface area contributed by atoms with Gasteiger partial charge in [-0.25, -0.2) is 0 Å². The molecule has 0 saturated carbocycles. The van der Waals surface area contributed by atoms with Gasteiger partial charge in [-0.3, -0.25) is 0 Å². The first-order valence-corrected chi connectivity index (χ1v) is 7.47. The molecule has 0 amide bonds. The second kappa shape index (κ2) is 3.50. The number of benzene rings is 1. The molecule has 62 valence electrons. The van der Waals surface area contributed by atoms with Crippen LogP contribution in [-0.4, -0.2) is 12.5 Å². The molecule has 3 heteroatoms. The molecule has 0 radical (unpaired) electrons. The van der Waals surface area contributed by atoms with Crippen LogP contribution in [0.3, 0.4) is 0 Å². The topological polar surface area (TPSA) is 9.23 Å². The van der Waals surface area contributed by atoms with E-state index in [1.807, 2.05) is 42.8 Å². The molecule has 0 saturated heterocycles. The molecular formula is C8H11BrOS. The van der Waals surface area contributed by atoms with Crippen molar-refractivity contribution in [3.63, 3.8) is 0 Å². The lowest BCUT2D eigenvalue weighted by atomic mass is 10.3. The second-order valence-corrected chi connectivity index (χ2v) is 9.58. The fraction of sp³-hybridized carbons (Fsp3) is 0.250. The fourth-order valence-corrected chi connectivity index (χ4v) is 1.73. The van der Waals surface area contributed by atoms with E-state index in [0.29, 0.717) is 0 Å². The van der Waals surface area contributed by atoms with E-state index in [4.69, 9.17) is 4.18 Å². The zero-order chi connectivity index (χ0) is 8.32. The van der Waals surface area contributed by atoms with Crippen molar-refractivity contribution >= 4 is 23.6 Å². The second-order valence-electron chi connectivity index (χ2n) is 2.51. The van der Waals surface area contributed by atoms with Crippen molar-refractivity contribution in [1.82, 2.24) is 0 Å². The molecule has 11 heavy (non-hydrogen) atoms. The van der Waals surface area contributed by atoms with Crippen LogP contribution in [0.15, 0.2) is 30.3 Å². The van der Waals surface area contributed by atoms with E-state index in [2.05, 4.69) is 14.8 Å². The molecule has 0 aliphatic rings. The molecule has 1 rings (SSSR count). The lowest BCUT2D eigenvalue weighted by Gasteiger charge is -2.23. The molecule has 0 bridgehead atoms. The summed E-state index contributed by atoms with van der Waals surface area (Å²) in [4.78, 5) is 0. The highest BCUT2D eigenvalue weighted by molar-refractivity contribution is 9.57. The van der Waals surface area contributed by atoms with Gasteiger partial charge in [-0.15, -0.1) is 0 Å². The number of para-hydroxylation sites is 1. The van der Waals surface area contributed by atoms with Gasteiger partial charge in [0.05, 0.1) is 0 Å². The zero-order valence-corrected chi connectivity index (χ0v) is 8.98. The fourth-order valence-electron chi connectivity index (χ4n) is 0.705. The van der Waals surface area contributed by atoms with Gasteiger partial charge >= 0.3 is 0 Å². The van der Waals surface area contributed by atoms with Crippen LogP contribution >= 0.6 is 23.6 Å². The predicted molar refractivity (Wildman–Crippen MR) is 55.4 cm³/mol. The van der Waals surface area contributed by atoms with Gasteiger partial charge < -0.3 is 4.18 Å². The smallest absolute Gasteiger partial charge is 0.135 e. The van der Waals surface area contributed by atoms with Gasteiger partial charge in [0.2, 0.25) is 0 Å². The lowest BCUT2D eigenvalue weighted by molar-refractivity contribution is 0.637. The van der Waals surface area contributed by atoms with E-state index in [9.17, 15) is 0 Å². The highest BCUT2D eigenvalue weighted by Gasteiger charge is 2.06. The minimum atomic E-state index is -1.06. The summed E-state index contributed by atoms with van der Waals surface area (Å²) in [7, 11) is -1.06. The first kappa shape index (κ1) is 8.94. The molecule has 0 spiro atoms. The Morgan fingerprint density at radius 3 is 2.18 bits per heavy atom. The summed E-state index contributed by atoms with van der Waals surface area (Å²) in [5.41, 5.74) is 0. The maximum Gasteiger partial charge on any atom is 0.135 e. The van der Waals surface area contributed by atoms with Gasteiger partial charge in [-0.2, -0.15) is 0 Å². The zero-order valence-electron chi connectivity index (χ0n) is 6.58. The Bertz CT molecular complexity index is 217. The Balaban J connectivity index is 2.66. The molecule has 0 heterocycles. The minimum Gasteiger partial charge on any atom is -0.440 e. The number of halogens is 1. The third-order valence-electron chi connectivity index (χ3n) is 1.04. The summed E-state index contributed by atoms with van der Waals surface area (Å²) in [5, 5.41) is 0. The minimum absolute atomic E-state index is 0.921. The van der Waals surface area contributed by atoms with Crippen molar-refractivity contribution in [3.8, 4) is 5.75 Å². The SMILES string of the molecule is CS(C)(Br)Oc1ccccc1.